The van der Waals surface area contributed by atoms with E-state index in [0.717, 1.165) is 30.1 Å². The number of ether oxygens (including phenoxy) is 1. The Morgan fingerprint density at radius 3 is 2.47 bits per heavy atom. The zero-order valence-corrected chi connectivity index (χ0v) is 23.0. The maximum absolute atomic E-state index is 11.9. The summed E-state index contributed by atoms with van der Waals surface area (Å²) in [6, 6.07) is 0. The average molecular weight is 463 g/mol. The molecule has 0 unspecified atom stereocenters. The number of fused-ring (bicyclic) bond motifs is 5. The first kappa shape index (κ1) is 24.8. The van der Waals surface area contributed by atoms with Gasteiger partial charge < -0.3 is 9.16 Å². The minimum Gasteiger partial charge on any atom is -0.469 e. The number of methoxy groups -OCH3 is 1. The van der Waals surface area contributed by atoms with E-state index in [2.05, 4.69) is 40.4 Å². The van der Waals surface area contributed by atoms with Crippen molar-refractivity contribution in [3.8, 4) is 0 Å². The normalized spacial score (nSPS) is 44.8. The Kier molecular flexibility index (Phi) is 6.98. The smallest absolute Gasteiger partial charge is 0.305 e. The predicted molar refractivity (Wildman–Crippen MR) is 134 cm³/mol. The fourth-order valence-electron chi connectivity index (χ4n) is 9.44. The summed E-state index contributed by atoms with van der Waals surface area (Å²) >= 11 is 0. The zero-order chi connectivity index (χ0) is 23.3. The van der Waals surface area contributed by atoms with Crippen molar-refractivity contribution >= 4 is 14.3 Å². The van der Waals surface area contributed by atoms with Crippen molar-refractivity contribution in [1.82, 2.24) is 0 Å². The van der Waals surface area contributed by atoms with Crippen molar-refractivity contribution in [3.05, 3.63) is 0 Å². The van der Waals surface area contributed by atoms with E-state index in [0.29, 0.717) is 29.8 Å². The highest BCUT2D eigenvalue weighted by Crippen LogP contribution is 2.69. The molecule has 0 radical (unpaired) electrons. The van der Waals surface area contributed by atoms with E-state index in [1.807, 2.05) is 0 Å². The van der Waals surface area contributed by atoms with Crippen LogP contribution in [0.1, 0.15) is 91.4 Å². The van der Waals surface area contributed by atoms with Gasteiger partial charge in [0.25, 0.3) is 0 Å². The first-order valence-corrected chi connectivity index (χ1v) is 17.2. The van der Waals surface area contributed by atoms with Gasteiger partial charge >= 0.3 is 5.97 Å². The molecule has 4 aliphatic carbocycles. The first-order chi connectivity index (χ1) is 15.0. The first-order valence-electron chi connectivity index (χ1n) is 13.8. The van der Waals surface area contributed by atoms with Crippen LogP contribution in [0.2, 0.25) is 19.6 Å². The van der Waals surface area contributed by atoms with E-state index in [1.54, 1.807) is 0 Å². The Balaban J connectivity index is 1.64. The van der Waals surface area contributed by atoms with Crippen LogP contribution in [0, 0.1) is 46.3 Å². The third-order valence-corrected chi connectivity index (χ3v) is 11.9. The van der Waals surface area contributed by atoms with Crippen LogP contribution >= 0.6 is 0 Å². The summed E-state index contributed by atoms with van der Waals surface area (Å²) in [6.45, 7) is 14.8. The van der Waals surface area contributed by atoms with Gasteiger partial charge in [-0.2, -0.15) is 0 Å². The van der Waals surface area contributed by atoms with Gasteiger partial charge in [0, 0.05) is 6.42 Å². The molecule has 0 saturated heterocycles. The number of hydrogen-bond donors (Lipinski definition) is 0. The lowest BCUT2D eigenvalue weighted by Gasteiger charge is -2.63. The quantitative estimate of drug-likeness (QED) is 0.303. The summed E-state index contributed by atoms with van der Waals surface area (Å²) in [7, 11) is -0.141. The Bertz CT molecular complexity index is 687. The lowest BCUT2D eigenvalue weighted by Crippen LogP contribution is -2.60. The topological polar surface area (TPSA) is 35.5 Å². The maximum Gasteiger partial charge on any atom is 0.305 e. The molecule has 0 aromatic rings. The van der Waals surface area contributed by atoms with Crippen LogP contribution in [0.25, 0.3) is 0 Å². The van der Waals surface area contributed by atoms with Crippen LogP contribution in [0.4, 0.5) is 0 Å². The maximum atomic E-state index is 11.9. The van der Waals surface area contributed by atoms with Crippen molar-refractivity contribution in [2.45, 2.75) is 117 Å². The van der Waals surface area contributed by atoms with Crippen LogP contribution in [0.15, 0.2) is 0 Å². The third kappa shape index (κ3) is 4.25. The molecule has 0 aromatic heterocycles. The highest BCUT2D eigenvalue weighted by molar-refractivity contribution is 6.69. The molecular formula is C28H50O3Si. The van der Waals surface area contributed by atoms with Gasteiger partial charge in [0.05, 0.1) is 13.2 Å². The third-order valence-electron chi connectivity index (χ3n) is 10.9. The number of hydrogen-bond acceptors (Lipinski definition) is 3. The number of carbonyl (C=O) groups is 1. The minimum absolute atomic E-state index is 0.0568. The zero-order valence-electron chi connectivity index (χ0n) is 22.0. The van der Waals surface area contributed by atoms with Gasteiger partial charge in [-0.3, -0.25) is 4.79 Å². The summed E-state index contributed by atoms with van der Waals surface area (Å²) < 4.78 is 12.1. The predicted octanol–water partition coefficient (Wildman–Crippen LogP) is 7.45. The van der Waals surface area contributed by atoms with Gasteiger partial charge in [-0.25, -0.2) is 0 Å². The van der Waals surface area contributed by atoms with E-state index in [-0.39, 0.29) is 11.4 Å². The largest absolute Gasteiger partial charge is 0.469 e. The lowest BCUT2D eigenvalue weighted by atomic mass is 9.44. The monoisotopic (exact) mass is 462 g/mol. The molecule has 4 heteroatoms. The summed E-state index contributed by atoms with van der Waals surface area (Å²) in [5.74, 6) is 4.65. The minimum atomic E-state index is -1.66. The Labute approximate surface area is 198 Å². The average Bonchev–Trinajstić information content (AvgIpc) is 3.09. The number of carbonyl (C=O) groups excluding carboxylic acids is 1. The second kappa shape index (κ2) is 9.02. The molecule has 0 amide bonds. The number of rotatable bonds is 6. The molecule has 9 atom stereocenters. The molecule has 0 N–H and O–H groups in total. The second-order valence-electron chi connectivity index (χ2n) is 13.5. The van der Waals surface area contributed by atoms with E-state index >= 15 is 0 Å². The summed E-state index contributed by atoms with van der Waals surface area (Å²) in [4.78, 5) is 11.9. The van der Waals surface area contributed by atoms with Gasteiger partial charge in [0.1, 0.15) is 0 Å². The van der Waals surface area contributed by atoms with Crippen LogP contribution in [0.5, 0.6) is 0 Å². The molecule has 0 spiro atoms. The van der Waals surface area contributed by atoms with Crippen LogP contribution < -0.4 is 0 Å². The summed E-state index contributed by atoms with van der Waals surface area (Å²) in [5.41, 5.74) is 0.799. The van der Waals surface area contributed by atoms with Crippen LogP contribution in [-0.4, -0.2) is 27.5 Å². The number of esters is 1. The van der Waals surface area contributed by atoms with E-state index in [9.17, 15) is 4.79 Å². The molecule has 0 bridgehead atoms. The lowest BCUT2D eigenvalue weighted by molar-refractivity contribution is -0.163. The fourth-order valence-corrected chi connectivity index (χ4v) is 10.6. The van der Waals surface area contributed by atoms with E-state index < -0.39 is 8.32 Å². The van der Waals surface area contributed by atoms with Gasteiger partial charge in [-0.05, 0) is 117 Å². The van der Waals surface area contributed by atoms with Gasteiger partial charge in [0.2, 0.25) is 0 Å². The van der Waals surface area contributed by atoms with Crippen molar-refractivity contribution in [1.29, 1.82) is 0 Å². The van der Waals surface area contributed by atoms with Crippen molar-refractivity contribution in [2.24, 2.45) is 46.3 Å². The van der Waals surface area contributed by atoms with E-state index in [1.165, 1.54) is 64.9 Å². The molecule has 0 heterocycles. The van der Waals surface area contributed by atoms with Crippen molar-refractivity contribution in [3.63, 3.8) is 0 Å². The highest BCUT2D eigenvalue weighted by Gasteiger charge is 2.64. The second-order valence-corrected chi connectivity index (χ2v) is 18.0. The van der Waals surface area contributed by atoms with Gasteiger partial charge in [0.15, 0.2) is 8.32 Å². The van der Waals surface area contributed by atoms with Gasteiger partial charge in [-0.15, -0.1) is 0 Å². The Morgan fingerprint density at radius 1 is 1.03 bits per heavy atom. The molecule has 4 saturated carbocycles. The Hall–Kier alpha value is -0.353. The van der Waals surface area contributed by atoms with Crippen molar-refractivity contribution in [2.75, 3.05) is 7.11 Å². The van der Waals surface area contributed by atoms with E-state index in [4.69, 9.17) is 9.16 Å². The molecule has 0 aliphatic heterocycles. The van der Waals surface area contributed by atoms with Crippen molar-refractivity contribution < 1.29 is 14.0 Å². The SMILES string of the molecule is COC(=O)CC[C@@H](C)[C@H]1CC[C@H]2[C@@H]3CC[C@@H]4CCCC[C@]4(C)[C@H]3C[C@H](O[Si](C)(C)C)[C@]12C. The Morgan fingerprint density at radius 2 is 1.78 bits per heavy atom. The van der Waals surface area contributed by atoms with Crippen LogP contribution in [-0.2, 0) is 14.0 Å². The molecule has 3 nitrogen and oxygen atoms in total. The molecule has 0 aromatic carbocycles. The van der Waals surface area contributed by atoms with Gasteiger partial charge in [-0.1, -0.05) is 33.6 Å². The molecule has 32 heavy (non-hydrogen) atoms. The molecule has 4 rings (SSSR count). The standard InChI is InChI=1S/C28H50O3Si/c1-19(11-16-26(29)30-4)22-14-15-23-21-13-12-20-10-8-9-17-27(20,2)24(21)18-25(28(22,23)3)31-32(5,6)7/h19-25H,8-18H2,1-7H3/t19-,20+,21+,22-,23+,24+,25+,27+,28-/m1/s1. The molecule has 4 fully saturated rings. The molecule has 184 valence electrons. The van der Waals surface area contributed by atoms with Crippen LogP contribution in [0.3, 0.4) is 0 Å². The fraction of sp³-hybridized carbons (Fsp3) is 0.964. The molecular weight excluding hydrogens is 412 g/mol. The summed E-state index contributed by atoms with van der Waals surface area (Å²) in [5, 5.41) is 0. The summed E-state index contributed by atoms with van der Waals surface area (Å²) in [6.07, 6.45) is 14.6. The molecule has 4 aliphatic rings. The highest BCUT2D eigenvalue weighted by atomic mass is 28.4.